The van der Waals surface area contributed by atoms with Crippen molar-refractivity contribution in [3.8, 4) is 0 Å². The predicted molar refractivity (Wildman–Crippen MR) is 60.9 cm³/mol. The largest absolute Gasteiger partial charge is 0.173 e. The van der Waals surface area contributed by atoms with E-state index in [0.29, 0.717) is 5.41 Å². The second kappa shape index (κ2) is 4.04. The molecule has 0 rings (SSSR count). The second-order valence-electron chi connectivity index (χ2n) is 5.29. The fraction of sp³-hybridized carbons (Fsp3) is 1.00. The van der Waals surface area contributed by atoms with Crippen molar-refractivity contribution in [2.75, 3.05) is 0 Å². The maximum Gasteiger partial charge on any atom is 0.00783 e. The highest BCUT2D eigenvalue weighted by molar-refractivity contribution is 7.81. The molecule has 0 heterocycles. The summed E-state index contributed by atoms with van der Waals surface area (Å²) in [5, 5.41) is 0. The van der Waals surface area contributed by atoms with Crippen LogP contribution < -0.4 is 0 Å². The highest BCUT2D eigenvalue weighted by Gasteiger charge is 2.30. The van der Waals surface area contributed by atoms with Crippen molar-refractivity contribution in [3.05, 3.63) is 0 Å². The van der Waals surface area contributed by atoms with Gasteiger partial charge < -0.3 is 0 Å². The van der Waals surface area contributed by atoms with Crippen molar-refractivity contribution in [2.24, 2.45) is 11.3 Å². The third-order valence-electron chi connectivity index (χ3n) is 2.83. The van der Waals surface area contributed by atoms with Crippen LogP contribution in [0.2, 0.25) is 0 Å². The summed E-state index contributed by atoms with van der Waals surface area (Å²) < 4.78 is 0.160. The first-order chi connectivity index (χ1) is 5.19. The van der Waals surface area contributed by atoms with Crippen LogP contribution >= 0.6 is 12.6 Å². The van der Waals surface area contributed by atoms with Crippen LogP contribution in [0.15, 0.2) is 0 Å². The van der Waals surface area contributed by atoms with Gasteiger partial charge in [0.25, 0.3) is 0 Å². The molecule has 0 spiro atoms. The van der Waals surface area contributed by atoms with E-state index >= 15 is 0 Å². The average molecular weight is 188 g/mol. The Morgan fingerprint density at radius 2 is 1.58 bits per heavy atom. The molecule has 0 amide bonds. The lowest BCUT2D eigenvalue weighted by molar-refractivity contribution is 0.190. The van der Waals surface area contributed by atoms with Gasteiger partial charge in [-0.3, -0.25) is 0 Å². The van der Waals surface area contributed by atoms with Gasteiger partial charge in [-0.15, -0.1) is 0 Å². The van der Waals surface area contributed by atoms with Gasteiger partial charge in [-0.2, -0.15) is 12.6 Å². The van der Waals surface area contributed by atoms with Crippen molar-refractivity contribution in [1.82, 2.24) is 0 Å². The quantitative estimate of drug-likeness (QED) is 0.629. The van der Waals surface area contributed by atoms with Crippen LogP contribution in [0.1, 0.15) is 54.4 Å². The van der Waals surface area contributed by atoms with E-state index in [0.717, 1.165) is 5.92 Å². The molecule has 0 aromatic carbocycles. The van der Waals surface area contributed by atoms with Crippen LogP contribution in [0.4, 0.5) is 0 Å². The van der Waals surface area contributed by atoms with E-state index in [1.165, 1.54) is 12.8 Å². The molecule has 1 atom stereocenters. The van der Waals surface area contributed by atoms with Crippen molar-refractivity contribution in [2.45, 2.75) is 59.1 Å². The normalized spacial score (nSPS) is 16.2. The van der Waals surface area contributed by atoms with Gasteiger partial charge in [0.15, 0.2) is 0 Å². The lowest BCUT2D eigenvalue weighted by Gasteiger charge is -2.36. The van der Waals surface area contributed by atoms with Crippen molar-refractivity contribution < 1.29 is 0 Å². The SMILES string of the molecule is CCC(C)C(C)(C)CC(C)(C)S. The van der Waals surface area contributed by atoms with Gasteiger partial charge in [-0.25, -0.2) is 0 Å². The molecule has 1 heteroatoms. The molecule has 0 aromatic rings. The average Bonchev–Trinajstić information content (AvgIpc) is 1.80. The molecule has 0 radical (unpaired) electrons. The van der Waals surface area contributed by atoms with Crippen LogP contribution in [0.25, 0.3) is 0 Å². The summed E-state index contributed by atoms with van der Waals surface area (Å²) in [6.45, 7) is 13.7. The van der Waals surface area contributed by atoms with Crippen molar-refractivity contribution in [1.29, 1.82) is 0 Å². The number of thiol groups is 1. The van der Waals surface area contributed by atoms with Gasteiger partial charge in [0.05, 0.1) is 0 Å². The summed E-state index contributed by atoms with van der Waals surface area (Å²) in [5.41, 5.74) is 0.417. The third-order valence-corrected chi connectivity index (χ3v) is 2.99. The maximum atomic E-state index is 4.58. The molecule has 12 heavy (non-hydrogen) atoms. The zero-order chi connectivity index (χ0) is 9.99. The fourth-order valence-corrected chi connectivity index (χ4v) is 2.25. The smallest absolute Gasteiger partial charge is 0.00783 e. The summed E-state index contributed by atoms with van der Waals surface area (Å²) in [4.78, 5) is 0. The van der Waals surface area contributed by atoms with Crippen LogP contribution in [0.3, 0.4) is 0 Å². The first-order valence-corrected chi connectivity index (χ1v) is 5.36. The van der Waals surface area contributed by atoms with E-state index < -0.39 is 0 Å². The molecule has 0 aliphatic carbocycles. The Hall–Kier alpha value is 0.350. The summed E-state index contributed by atoms with van der Waals surface area (Å²) >= 11 is 4.58. The minimum absolute atomic E-state index is 0.160. The fourth-order valence-electron chi connectivity index (χ4n) is 1.84. The third kappa shape index (κ3) is 4.39. The topological polar surface area (TPSA) is 0 Å². The van der Waals surface area contributed by atoms with Crippen LogP contribution in [0.5, 0.6) is 0 Å². The van der Waals surface area contributed by atoms with Crippen LogP contribution in [-0.2, 0) is 0 Å². The van der Waals surface area contributed by atoms with Crippen molar-refractivity contribution in [3.63, 3.8) is 0 Å². The Bertz CT molecular complexity index is 130. The van der Waals surface area contributed by atoms with Gasteiger partial charge in [0.2, 0.25) is 0 Å². The predicted octanol–water partition coefficient (Wildman–Crippen LogP) is 4.16. The molecule has 1 unspecified atom stereocenters. The van der Waals surface area contributed by atoms with Crippen LogP contribution in [0, 0.1) is 11.3 Å². The van der Waals surface area contributed by atoms with Gasteiger partial charge in [-0.1, -0.05) is 48.0 Å². The lowest BCUT2D eigenvalue weighted by Crippen LogP contribution is -2.29. The molecular weight excluding hydrogens is 164 g/mol. The molecule has 0 aliphatic rings. The first kappa shape index (κ1) is 12.3. The van der Waals surface area contributed by atoms with Crippen molar-refractivity contribution >= 4 is 12.6 Å². The van der Waals surface area contributed by atoms with Crippen LogP contribution in [-0.4, -0.2) is 4.75 Å². The zero-order valence-electron chi connectivity index (χ0n) is 9.44. The second-order valence-corrected chi connectivity index (χ2v) is 6.50. The molecule has 0 aliphatic heterocycles. The Morgan fingerprint density at radius 1 is 1.17 bits per heavy atom. The minimum Gasteiger partial charge on any atom is -0.173 e. The molecule has 0 aromatic heterocycles. The summed E-state index contributed by atoms with van der Waals surface area (Å²) in [5.74, 6) is 0.781. The van der Waals surface area contributed by atoms with Gasteiger partial charge >= 0.3 is 0 Å². The van der Waals surface area contributed by atoms with E-state index in [4.69, 9.17) is 0 Å². The summed E-state index contributed by atoms with van der Waals surface area (Å²) in [7, 11) is 0. The first-order valence-electron chi connectivity index (χ1n) is 4.91. The van der Waals surface area contributed by atoms with Gasteiger partial charge in [-0.05, 0) is 17.8 Å². The van der Waals surface area contributed by atoms with Gasteiger partial charge in [0.1, 0.15) is 0 Å². The molecule has 0 bridgehead atoms. The summed E-state index contributed by atoms with van der Waals surface area (Å²) in [6, 6.07) is 0. The number of hydrogen-bond acceptors (Lipinski definition) is 1. The molecule has 0 N–H and O–H groups in total. The molecular formula is C11H24S. The maximum absolute atomic E-state index is 4.58. The van der Waals surface area contributed by atoms with E-state index in [9.17, 15) is 0 Å². The molecule has 0 saturated heterocycles. The Balaban J connectivity index is 4.22. The Labute approximate surface area is 83.5 Å². The zero-order valence-corrected chi connectivity index (χ0v) is 10.3. The molecule has 0 saturated carbocycles. The monoisotopic (exact) mass is 188 g/mol. The van der Waals surface area contributed by atoms with E-state index in [1.807, 2.05) is 0 Å². The Kier molecular flexibility index (Phi) is 4.16. The molecule has 74 valence electrons. The number of hydrogen-bond donors (Lipinski definition) is 1. The lowest BCUT2D eigenvalue weighted by atomic mass is 9.73. The molecule has 0 fully saturated rings. The Morgan fingerprint density at radius 3 is 1.83 bits per heavy atom. The van der Waals surface area contributed by atoms with E-state index in [-0.39, 0.29) is 4.75 Å². The standard InChI is InChI=1S/C11H24S/c1-7-9(2)10(3,4)8-11(5,6)12/h9,12H,7-8H2,1-6H3. The number of rotatable bonds is 4. The highest BCUT2D eigenvalue weighted by atomic mass is 32.1. The van der Waals surface area contributed by atoms with E-state index in [1.54, 1.807) is 0 Å². The summed E-state index contributed by atoms with van der Waals surface area (Å²) in [6.07, 6.45) is 2.44. The molecule has 0 nitrogen and oxygen atoms in total. The minimum atomic E-state index is 0.160. The highest BCUT2D eigenvalue weighted by Crippen LogP contribution is 2.38. The van der Waals surface area contributed by atoms with Gasteiger partial charge in [0, 0.05) is 4.75 Å². The van der Waals surface area contributed by atoms with E-state index in [2.05, 4.69) is 54.2 Å².